The highest BCUT2D eigenvalue weighted by atomic mass is 32.2. The van der Waals surface area contributed by atoms with Gasteiger partial charge in [0.1, 0.15) is 41.4 Å². The number of H-pyrrole nitrogens is 1. The van der Waals surface area contributed by atoms with Crippen LogP contribution >= 0.6 is 11.8 Å². The molecule has 0 bridgehead atoms. The molecule has 6 N–H and O–H groups in total. The molecule has 3 aliphatic heterocycles. The number of carbonyl (C=O) groups excluding carboxylic acids is 6. The molecule has 18 heteroatoms. The first-order valence-corrected chi connectivity index (χ1v) is 18.1. The normalized spacial score (nSPS) is 20.8. The molecule has 2 saturated heterocycles. The Bertz CT molecular complexity index is 2160. The highest BCUT2D eigenvalue weighted by Crippen LogP contribution is 2.40. The van der Waals surface area contributed by atoms with Crippen LogP contribution in [0.1, 0.15) is 42.2 Å². The molecular formula is C37H36N6O11S. The summed E-state index contributed by atoms with van der Waals surface area (Å²) in [5, 5.41) is 26.9. The van der Waals surface area contributed by atoms with Crippen molar-refractivity contribution in [1.82, 2.24) is 25.4 Å². The first-order chi connectivity index (χ1) is 26.2. The van der Waals surface area contributed by atoms with E-state index in [9.17, 15) is 48.6 Å². The maximum atomic E-state index is 13.7. The Morgan fingerprint density at radius 2 is 1.69 bits per heavy atom. The number of thioether (sulfide) groups is 1. The number of pyridine rings is 1. The molecule has 2 fully saturated rings. The zero-order chi connectivity index (χ0) is 39.6. The summed E-state index contributed by atoms with van der Waals surface area (Å²) in [6.07, 6.45) is -0.676. The van der Waals surface area contributed by atoms with Crippen molar-refractivity contribution in [3.05, 3.63) is 99.5 Å². The van der Waals surface area contributed by atoms with Gasteiger partial charge in [-0.25, -0.2) is 4.79 Å². The summed E-state index contributed by atoms with van der Waals surface area (Å²) in [6, 6.07) is 14.1. The quantitative estimate of drug-likeness (QED) is 0.117. The van der Waals surface area contributed by atoms with Crippen LogP contribution in [0.3, 0.4) is 0 Å². The molecule has 3 aromatic rings. The van der Waals surface area contributed by atoms with Gasteiger partial charge >= 0.3 is 11.9 Å². The number of esters is 1. The number of ether oxygens (including phenoxy) is 1. The minimum atomic E-state index is -1.39. The summed E-state index contributed by atoms with van der Waals surface area (Å²) in [5.74, 6) is -5.00. The Morgan fingerprint density at radius 3 is 2.33 bits per heavy atom. The first-order valence-electron chi connectivity index (χ1n) is 17.0. The second-order valence-electron chi connectivity index (χ2n) is 13.0. The zero-order valence-electron chi connectivity index (χ0n) is 29.4. The summed E-state index contributed by atoms with van der Waals surface area (Å²) in [7, 11) is 0. The molecule has 0 saturated carbocycles. The average Bonchev–Trinajstić information content (AvgIpc) is 3.57. The summed E-state index contributed by atoms with van der Waals surface area (Å²) < 4.78 is 4.95. The Hall–Kier alpha value is -6.27. The van der Waals surface area contributed by atoms with Gasteiger partial charge in [0.2, 0.25) is 17.7 Å². The van der Waals surface area contributed by atoms with E-state index in [-0.39, 0.29) is 48.1 Å². The lowest BCUT2D eigenvalue weighted by molar-refractivity contribution is -0.151. The van der Waals surface area contributed by atoms with E-state index in [0.29, 0.717) is 22.5 Å². The lowest BCUT2D eigenvalue weighted by atomic mass is 10.0. The van der Waals surface area contributed by atoms with Crippen molar-refractivity contribution in [2.24, 2.45) is 0 Å². The number of carbonyl (C=O) groups is 7. The monoisotopic (exact) mass is 772 g/mol. The minimum absolute atomic E-state index is 0.0750. The predicted molar refractivity (Wildman–Crippen MR) is 196 cm³/mol. The number of hydrogen-bond acceptors (Lipinski definition) is 11. The molecule has 17 nitrogen and oxygen atoms in total. The molecule has 2 aromatic carbocycles. The van der Waals surface area contributed by atoms with Crippen LogP contribution in [0, 0.1) is 0 Å². The molecule has 1 aromatic heterocycles. The lowest BCUT2D eigenvalue weighted by Crippen LogP contribution is -2.71. The fourth-order valence-electron chi connectivity index (χ4n) is 6.56. The number of carboxylic acid groups (broad SMARTS) is 1. The molecule has 0 aliphatic carbocycles. The lowest BCUT2D eigenvalue weighted by Gasteiger charge is -2.49. The molecule has 6 rings (SSSR count). The van der Waals surface area contributed by atoms with Gasteiger partial charge in [0.15, 0.2) is 0 Å². The molecule has 5 atom stereocenters. The summed E-state index contributed by atoms with van der Waals surface area (Å²) in [6.45, 7) is 2.28. The zero-order valence-corrected chi connectivity index (χ0v) is 30.3. The number of hydrogen-bond donors (Lipinski definition) is 6. The minimum Gasteiger partial charge on any atom is -0.477 e. The van der Waals surface area contributed by atoms with Crippen molar-refractivity contribution in [2.45, 2.75) is 49.9 Å². The topological polar surface area (TPSA) is 245 Å². The van der Waals surface area contributed by atoms with Crippen LogP contribution in [0.2, 0.25) is 0 Å². The summed E-state index contributed by atoms with van der Waals surface area (Å²) in [5.41, 5.74) is 0.516. The highest BCUT2D eigenvalue weighted by Gasteiger charge is 2.54. The molecule has 5 amide bonds. The second-order valence-corrected chi connectivity index (χ2v) is 14.1. The Kier molecular flexibility index (Phi) is 11.2. The van der Waals surface area contributed by atoms with Gasteiger partial charge < -0.3 is 40.8 Å². The van der Waals surface area contributed by atoms with E-state index in [1.54, 1.807) is 54.6 Å². The summed E-state index contributed by atoms with van der Waals surface area (Å²) >= 11 is 1.18. The van der Waals surface area contributed by atoms with Crippen LogP contribution in [0.25, 0.3) is 11.3 Å². The van der Waals surface area contributed by atoms with Gasteiger partial charge in [-0.1, -0.05) is 42.5 Å². The number of fused-ring (bicyclic) bond motifs is 1. The van der Waals surface area contributed by atoms with Gasteiger partial charge in [-0.2, -0.15) is 0 Å². The number of nitrogens with one attached hydrogen (secondary N) is 4. The van der Waals surface area contributed by atoms with Crippen molar-refractivity contribution in [3.63, 3.8) is 0 Å². The van der Waals surface area contributed by atoms with Gasteiger partial charge in [0, 0.05) is 49.5 Å². The van der Waals surface area contributed by atoms with Gasteiger partial charge in [0.25, 0.3) is 17.4 Å². The van der Waals surface area contributed by atoms with Crippen molar-refractivity contribution >= 4 is 58.9 Å². The van der Waals surface area contributed by atoms with E-state index in [0.717, 1.165) is 4.90 Å². The number of aliphatic hydroxyl groups is 1. The standard InChI is InChI=1S/C37H36N6O11S/c1-18(44)42-15-24(46)14-27(42)33(49)38-23-10-8-20(9-11-23)26-13-12-25(31(47)39-26)32(48)40-28(21-6-4-3-5-7-21)34(50)41-29-35(51)43-30(37(52)53)22(16-54-19(2)45)17-55-36(29)43/h3-13,24,27-29,36,46H,14-17H2,1-2H3,(H,38,49)(H,39,47)(H,40,48)(H,41,50)(H,52,53). The van der Waals surface area contributed by atoms with Crippen LogP contribution in [0.15, 0.2) is 82.8 Å². The van der Waals surface area contributed by atoms with Gasteiger partial charge in [-0.3, -0.25) is 38.5 Å². The number of nitrogens with zero attached hydrogens (tertiary/aromatic N) is 2. The molecule has 5 unspecified atom stereocenters. The van der Waals surface area contributed by atoms with Crippen molar-refractivity contribution in [2.75, 3.05) is 24.2 Å². The van der Waals surface area contributed by atoms with Gasteiger partial charge in [-0.05, 0) is 35.4 Å². The molecule has 0 spiro atoms. The maximum absolute atomic E-state index is 13.7. The average molecular weight is 773 g/mol. The number of aliphatic hydroxyl groups excluding tert-OH is 1. The van der Waals surface area contributed by atoms with Crippen molar-refractivity contribution in [3.8, 4) is 11.3 Å². The number of aromatic nitrogens is 1. The summed E-state index contributed by atoms with van der Waals surface area (Å²) in [4.78, 5) is 107. The number of anilines is 1. The number of aliphatic carboxylic acids is 1. The Labute approximate surface area is 317 Å². The molecule has 0 radical (unpaired) electrons. The van der Waals surface area contributed by atoms with Crippen LogP contribution < -0.4 is 21.5 Å². The third-order valence-corrected chi connectivity index (χ3v) is 10.6. The largest absolute Gasteiger partial charge is 0.477 e. The van der Waals surface area contributed by atoms with E-state index in [4.69, 9.17) is 4.74 Å². The van der Waals surface area contributed by atoms with Crippen molar-refractivity contribution in [1.29, 1.82) is 0 Å². The number of benzene rings is 2. The highest BCUT2D eigenvalue weighted by molar-refractivity contribution is 8.00. The smallest absolute Gasteiger partial charge is 0.352 e. The third kappa shape index (κ3) is 8.14. The van der Waals surface area contributed by atoms with E-state index >= 15 is 0 Å². The number of amides is 5. The fourth-order valence-corrected chi connectivity index (χ4v) is 7.89. The molecule has 4 heterocycles. The van der Waals surface area contributed by atoms with Crippen LogP contribution in [0.5, 0.6) is 0 Å². The fraction of sp³-hybridized carbons (Fsp3) is 0.297. The number of likely N-dealkylation sites (tertiary alicyclic amines) is 1. The molecule has 3 aliphatic rings. The van der Waals surface area contributed by atoms with E-state index in [1.165, 1.54) is 42.6 Å². The van der Waals surface area contributed by atoms with E-state index < -0.39 is 70.7 Å². The Balaban J connectivity index is 1.13. The number of aromatic amines is 1. The van der Waals surface area contributed by atoms with Crippen LogP contribution in [-0.2, 0) is 33.5 Å². The van der Waals surface area contributed by atoms with Crippen LogP contribution in [0.4, 0.5) is 5.69 Å². The molecule has 286 valence electrons. The number of β-amino-alcohol motifs (C(OH)–C–C–N with tert-alkyl or cyclic N) is 1. The van der Waals surface area contributed by atoms with Gasteiger partial charge in [0.05, 0.1) is 6.10 Å². The predicted octanol–water partition coefficient (Wildman–Crippen LogP) is 0.735. The van der Waals surface area contributed by atoms with Crippen molar-refractivity contribution < 1.29 is 48.5 Å². The molecule has 55 heavy (non-hydrogen) atoms. The maximum Gasteiger partial charge on any atom is 0.352 e. The number of rotatable bonds is 11. The van der Waals surface area contributed by atoms with E-state index in [2.05, 4.69) is 20.9 Å². The molecular weight excluding hydrogens is 737 g/mol. The van der Waals surface area contributed by atoms with E-state index in [1.807, 2.05) is 0 Å². The number of β-lactam (4-membered cyclic amide) rings is 1. The second kappa shape index (κ2) is 16.0. The van der Waals surface area contributed by atoms with Gasteiger partial charge in [-0.15, -0.1) is 11.8 Å². The third-order valence-electron chi connectivity index (χ3n) is 9.27. The van der Waals surface area contributed by atoms with Crippen LogP contribution in [-0.4, -0.2) is 109 Å². The number of carboxylic acids is 1. The SMILES string of the molecule is CC(=O)OCC1=C(C(=O)O)N2C(=O)C(NC(=O)C(NC(=O)c3ccc(-c4ccc(NC(=O)C5CC(O)CN5C(C)=O)cc4)[nH]c3=O)c3ccccc3)C2SC1. The Morgan fingerprint density at radius 1 is 0.982 bits per heavy atom. The first kappa shape index (κ1) is 38.5.